The average Bonchev–Trinajstić information content (AvgIpc) is 3.72. The number of unbranched alkanes of at least 4 members (excludes halogenated alkanes) is 4. The van der Waals surface area contributed by atoms with Crippen molar-refractivity contribution < 1.29 is 15.6 Å². The number of fused-ring (bicyclic) bond motifs is 2. The van der Waals surface area contributed by atoms with Gasteiger partial charge in [0.15, 0.2) is 0 Å². The van der Waals surface area contributed by atoms with Crippen molar-refractivity contribution >= 4 is 35.1 Å². The molecule has 0 heterocycles. The zero-order chi connectivity index (χ0) is 35.7. The Labute approximate surface area is 312 Å². The number of aryl methyl sites for hydroxylation is 1. The molecule has 263 valence electrons. The molecule has 0 saturated heterocycles. The molecule has 0 fully saturated rings. The fraction of sp³-hybridized carbons (Fsp3) is 0.391. The Morgan fingerprint density at radius 1 is 0.660 bits per heavy atom. The summed E-state index contributed by atoms with van der Waals surface area (Å²) in [5.41, 5.74) is 14.9. The molecule has 0 nitrogen and oxygen atoms in total. The average molecular weight is 800 g/mol. The third-order valence-electron chi connectivity index (χ3n) is 11.8. The second kappa shape index (κ2) is 15.2. The van der Waals surface area contributed by atoms with Gasteiger partial charge in [-0.15, -0.1) is 0 Å². The molecule has 0 spiro atoms. The van der Waals surface area contributed by atoms with Crippen molar-refractivity contribution in [3.05, 3.63) is 130 Å². The first-order valence-corrected chi connectivity index (χ1v) is 35.6. The van der Waals surface area contributed by atoms with Gasteiger partial charge < -0.3 is 0 Å². The zero-order valence-electron chi connectivity index (χ0n) is 31.5. The van der Waals surface area contributed by atoms with Crippen LogP contribution in [0.4, 0.5) is 0 Å². The summed E-state index contributed by atoms with van der Waals surface area (Å²) in [6.07, 6.45) is 17.0. The number of allylic oxidation sites excluding steroid dienone is 2. The van der Waals surface area contributed by atoms with Crippen LogP contribution in [-0.4, -0.2) is 5.92 Å². The molecule has 2 aliphatic rings. The Kier molecular flexibility index (Phi) is 11.5. The van der Waals surface area contributed by atoms with Gasteiger partial charge >= 0.3 is 301 Å². The molecule has 2 unspecified atom stereocenters. The summed E-state index contributed by atoms with van der Waals surface area (Å²) in [4.78, 5) is 0. The van der Waals surface area contributed by atoms with E-state index >= 15 is 0 Å². The first-order chi connectivity index (χ1) is 23.9. The summed E-state index contributed by atoms with van der Waals surface area (Å²) in [6, 6.07) is 32.3. The molecular formula is C46H57Cl2SiZr. The topological polar surface area (TPSA) is 0 Å². The van der Waals surface area contributed by atoms with Crippen LogP contribution in [-0.2, 0) is 27.4 Å². The van der Waals surface area contributed by atoms with E-state index in [2.05, 4.69) is 151 Å². The van der Waals surface area contributed by atoms with Crippen LogP contribution in [0.1, 0.15) is 120 Å². The normalized spacial score (nSPS) is 17.8. The second-order valence-corrected chi connectivity index (χ2v) is 59.0. The summed E-state index contributed by atoms with van der Waals surface area (Å²) in [5, 5.41) is 0. The first kappa shape index (κ1) is 37.8. The minimum atomic E-state index is -4.74. The summed E-state index contributed by atoms with van der Waals surface area (Å²) in [5.74, 6) is -1.59. The van der Waals surface area contributed by atoms with Crippen LogP contribution in [0, 0.1) is 0 Å². The van der Waals surface area contributed by atoms with Crippen molar-refractivity contribution in [3.63, 3.8) is 0 Å². The summed E-state index contributed by atoms with van der Waals surface area (Å²) < 4.78 is 0.216. The number of benzene rings is 4. The molecule has 6 rings (SSSR count). The number of halogens is 2. The van der Waals surface area contributed by atoms with Crippen LogP contribution >= 0.6 is 17.0 Å². The minimum absolute atomic E-state index is 0.0897. The van der Waals surface area contributed by atoms with Gasteiger partial charge in [0.2, 0.25) is 0 Å². The van der Waals surface area contributed by atoms with Crippen molar-refractivity contribution in [2.75, 3.05) is 0 Å². The van der Waals surface area contributed by atoms with E-state index in [1.54, 1.807) is 0 Å². The van der Waals surface area contributed by atoms with E-state index in [1.165, 1.54) is 86.9 Å². The van der Waals surface area contributed by atoms with E-state index in [0.717, 1.165) is 25.7 Å². The first-order valence-electron chi connectivity index (χ1n) is 19.3. The van der Waals surface area contributed by atoms with Crippen molar-refractivity contribution in [2.24, 2.45) is 0 Å². The molecule has 4 heteroatoms. The molecule has 0 amide bonds. The Morgan fingerprint density at radius 3 is 1.86 bits per heavy atom. The van der Waals surface area contributed by atoms with E-state index in [-0.39, 0.29) is 12.7 Å². The molecule has 0 radical (unpaired) electrons. The monoisotopic (exact) mass is 797 g/mol. The molecule has 50 heavy (non-hydrogen) atoms. The number of hydrogen-bond acceptors (Lipinski definition) is 0. The maximum atomic E-state index is 8.58. The molecule has 2 atom stereocenters. The summed E-state index contributed by atoms with van der Waals surface area (Å²) in [6.45, 7) is 16.3. The SMILES string of the molecule is CCCCCCc1ccc(-c2cccc3c2C=C(CCCC)[CH]3[Zr]([Cl])([Cl])([CH]2C=Cc3c(-c4ccc(C(C)(C)C)cc4)cccc32)[SiH](C)C)cc1. The van der Waals surface area contributed by atoms with Gasteiger partial charge in [-0.3, -0.25) is 0 Å². The van der Waals surface area contributed by atoms with Crippen LogP contribution < -0.4 is 0 Å². The Balaban J connectivity index is 1.42. The van der Waals surface area contributed by atoms with E-state index in [0.29, 0.717) is 0 Å². The fourth-order valence-electron chi connectivity index (χ4n) is 8.66. The summed E-state index contributed by atoms with van der Waals surface area (Å²) >= 11 is -4.74. The van der Waals surface area contributed by atoms with Crippen LogP contribution in [0.3, 0.4) is 0 Å². The standard InChI is InChI=1S/C25H31.C19H19.C2H7Si.2ClH.Zr/c1-3-5-7-8-11-20-14-16-22(17-15-20)24-13-9-12-23-18-21(10-6-4-2)19-25(23)24;1-19(2,3)16-12-10-15(11-13-16)18-9-5-7-14-6-4-8-17(14)18;1-3-2;;;/h9,12-19H,3-8,10-11H2,1-2H3;4-13H,1-3H3;3H,1-2H3;2*1H;/q;;;;;+2/p-2. The molecule has 4 aromatic rings. The Morgan fingerprint density at radius 2 is 1.26 bits per heavy atom. The van der Waals surface area contributed by atoms with Crippen molar-refractivity contribution in [1.29, 1.82) is 0 Å². The van der Waals surface area contributed by atoms with Gasteiger partial charge in [0.05, 0.1) is 0 Å². The zero-order valence-corrected chi connectivity index (χ0v) is 36.6. The molecule has 0 aliphatic heterocycles. The molecule has 0 bridgehead atoms. The van der Waals surface area contributed by atoms with Crippen LogP contribution in [0.2, 0.25) is 13.1 Å². The fourth-order valence-corrected chi connectivity index (χ4v) is 38.1. The van der Waals surface area contributed by atoms with Crippen LogP contribution in [0.25, 0.3) is 34.4 Å². The Bertz CT molecular complexity index is 1880. The second-order valence-electron chi connectivity index (χ2n) is 16.4. The molecule has 0 aromatic heterocycles. The van der Waals surface area contributed by atoms with Gasteiger partial charge in [-0.1, -0.05) is 13.3 Å². The van der Waals surface area contributed by atoms with E-state index in [1.807, 2.05) is 0 Å². The predicted molar refractivity (Wildman–Crippen MR) is 223 cm³/mol. The molecule has 4 aromatic carbocycles. The quantitative estimate of drug-likeness (QED) is 0.0933. The number of hydrogen-bond donors (Lipinski definition) is 0. The van der Waals surface area contributed by atoms with Gasteiger partial charge in [-0.05, 0) is 0 Å². The van der Waals surface area contributed by atoms with Crippen LogP contribution in [0.5, 0.6) is 0 Å². The maximum absolute atomic E-state index is 8.58. The van der Waals surface area contributed by atoms with Gasteiger partial charge in [0, 0.05) is 0 Å². The Hall–Kier alpha value is -1.96. The van der Waals surface area contributed by atoms with Gasteiger partial charge in [-0.2, -0.15) is 0 Å². The third kappa shape index (κ3) is 7.06. The van der Waals surface area contributed by atoms with E-state index in [9.17, 15) is 0 Å². The molecular weight excluding hydrogens is 743 g/mol. The molecule has 2 aliphatic carbocycles. The summed E-state index contributed by atoms with van der Waals surface area (Å²) in [7, 11) is 17.2. The molecule has 0 saturated carbocycles. The van der Waals surface area contributed by atoms with Gasteiger partial charge in [0.25, 0.3) is 0 Å². The van der Waals surface area contributed by atoms with Crippen molar-refractivity contribution in [3.8, 4) is 22.3 Å². The molecule has 0 N–H and O–H groups in total. The van der Waals surface area contributed by atoms with Crippen molar-refractivity contribution in [1.82, 2.24) is 0 Å². The van der Waals surface area contributed by atoms with E-state index < -0.39 is 21.5 Å². The van der Waals surface area contributed by atoms with E-state index in [4.69, 9.17) is 17.0 Å². The van der Waals surface area contributed by atoms with Crippen LogP contribution in [0.15, 0.2) is 96.6 Å². The predicted octanol–water partition coefficient (Wildman–Crippen LogP) is 14.8. The number of rotatable bonds is 13. The van der Waals surface area contributed by atoms with Gasteiger partial charge in [-0.25, -0.2) is 0 Å². The third-order valence-corrected chi connectivity index (χ3v) is 63.8. The van der Waals surface area contributed by atoms with Gasteiger partial charge in [0.1, 0.15) is 0 Å². The van der Waals surface area contributed by atoms with Crippen molar-refractivity contribution in [2.45, 2.75) is 112 Å².